The van der Waals surface area contributed by atoms with Gasteiger partial charge in [0.15, 0.2) is 0 Å². The van der Waals surface area contributed by atoms with Crippen molar-refractivity contribution in [2.45, 2.75) is 13.3 Å². The Labute approximate surface area is 52.9 Å². The van der Waals surface area contributed by atoms with Crippen molar-refractivity contribution in [1.82, 2.24) is 5.32 Å². The van der Waals surface area contributed by atoms with E-state index in [1.54, 1.807) is 0 Å². The zero-order chi connectivity index (χ0) is 7.28. The van der Waals surface area contributed by atoms with Crippen molar-refractivity contribution in [2.24, 2.45) is 0 Å². The van der Waals surface area contributed by atoms with Crippen molar-refractivity contribution in [2.75, 3.05) is 6.54 Å². The van der Waals surface area contributed by atoms with E-state index in [4.69, 9.17) is 0 Å². The third-order valence-corrected chi connectivity index (χ3v) is 0.703. The van der Waals surface area contributed by atoms with E-state index in [9.17, 15) is 14.7 Å². The van der Waals surface area contributed by atoms with Crippen LogP contribution in [-0.2, 0) is 9.59 Å². The van der Waals surface area contributed by atoms with Gasteiger partial charge in [-0.25, -0.2) is 0 Å². The van der Waals surface area contributed by atoms with E-state index in [2.05, 4.69) is 5.32 Å². The van der Waals surface area contributed by atoms with Crippen LogP contribution in [0.1, 0.15) is 13.3 Å². The number of amides is 1. The summed E-state index contributed by atoms with van der Waals surface area (Å²) in [4.78, 5) is 19.8. The Hall–Kier alpha value is -1.06. The highest BCUT2D eigenvalue weighted by Gasteiger charge is 1.88. The van der Waals surface area contributed by atoms with Gasteiger partial charge in [0.2, 0.25) is 5.91 Å². The van der Waals surface area contributed by atoms with Gasteiger partial charge in [-0.15, -0.1) is 0 Å². The highest BCUT2D eigenvalue weighted by atomic mass is 16.4. The van der Waals surface area contributed by atoms with Gasteiger partial charge in [-0.2, -0.15) is 0 Å². The van der Waals surface area contributed by atoms with E-state index < -0.39 is 5.97 Å². The Morgan fingerprint density at radius 3 is 2.44 bits per heavy atom. The molecule has 4 heteroatoms. The normalized spacial score (nSPS) is 8.56. The summed E-state index contributed by atoms with van der Waals surface area (Å²) in [5, 5.41) is 12.0. The maximum Gasteiger partial charge on any atom is 0.216 e. The zero-order valence-electron chi connectivity index (χ0n) is 5.14. The molecule has 0 aromatic rings. The van der Waals surface area contributed by atoms with Crippen LogP contribution in [0.5, 0.6) is 0 Å². The molecule has 0 saturated carbocycles. The summed E-state index contributed by atoms with van der Waals surface area (Å²) in [5.74, 6) is -1.37. The van der Waals surface area contributed by atoms with E-state index in [1.165, 1.54) is 6.92 Å². The van der Waals surface area contributed by atoms with E-state index in [-0.39, 0.29) is 18.9 Å². The first-order valence-corrected chi connectivity index (χ1v) is 2.57. The lowest BCUT2D eigenvalue weighted by atomic mass is 10.4. The van der Waals surface area contributed by atoms with Crippen LogP contribution in [0, 0.1) is 0 Å². The van der Waals surface area contributed by atoms with Crippen LogP contribution in [0.3, 0.4) is 0 Å². The predicted molar refractivity (Wildman–Crippen MR) is 28.3 cm³/mol. The van der Waals surface area contributed by atoms with Gasteiger partial charge in [0.1, 0.15) is 0 Å². The lowest BCUT2D eigenvalue weighted by molar-refractivity contribution is -0.305. The number of aliphatic carboxylic acids is 1. The smallest absolute Gasteiger partial charge is 0.216 e. The molecule has 0 atom stereocenters. The van der Waals surface area contributed by atoms with Crippen molar-refractivity contribution in [3.05, 3.63) is 0 Å². The third-order valence-electron chi connectivity index (χ3n) is 0.703. The zero-order valence-corrected chi connectivity index (χ0v) is 5.14. The second-order valence-corrected chi connectivity index (χ2v) is 1.60. The minimum absolute atomic E-state index is 0.125. The topological polar surface area (TPSA) is 69.2 Å². The molecule has 0 aliphatic carbocycles. The van der Waals surface area contributed by atoms with Crippen molar-refractivity contribution in [3.8, 4) is 0 Å². The summed E-state index contributed by atoms with van der Waals surface area (Å²) < 4.78 is 0. The van der Waals surface area contributed by atoms with Crippen molar-refractivity contribution < 1.29 is 14.7 Å². The van der Waals surface area contributed by atoms with E-state index in [1.807, 2.05) is 0 Å². The van der Waals surface area contributed by atoms with Gasteiger partial charge >= 0.3 is 0 Å². The molecule has 1 amide bonds. The summed E-state index contributed by atoms with van der Waals surface area (Å²) in [5.41, 5.74) is 0. The van der Waals surface area contributed by atoms with Gasteiger partial charge in [-0.1, -0.05) is 0 Å². The van der Waals surface area contributed by atoms with Gasteiger partial charge in [0, 0.05) is 25.9 Å². The molecule has 0 bridgehead atoms. The van der Waals surface area contributed by atoms with E-state index >= 15 is 0 Å². The summed E-state index contributed by atoms with van der Waals surface area (Å²) in [6.07, 6.45) is -0.125. The first-order chi connectivity index (χ1) is 4.13. The van der Waals surface area contributed by atoms with Crippen molar-refractivity contribution in [1.29, 1.82) is 0 Å². The summed E-state index contributed by atoms with van der Waals surface area (Å²) in [6, 6.07) is 0. The molecule has 9 heavy (non-hydrogen) atoms. The minimum Gasteiger partial charge on any atom is -0.550 e. The van der Waals surface area contributed by atoms with Crippen LogP contribution in [-0.4, -0.2) is 18.4 Å². The molecule has 0 fully saturated rings. The van der Waals surface area contributed by atoms with E-state index in [0.717, 1.165) is 0 Å². The summed E-state index contributed by atoms with van der Waals surface area (Å²) >= 11 is 0. The molecular formula is C5H8NO3-. The fraction of sp³-hybridized carbons (Fsp3) is 0.600. The van der Waals surface area contributed by atoms with Gasteiger partial charge in [-0.05, 0) is 0 Å². The Balaban J connectivity index is 3.10. The third kappa shape index (κ3) is 6.94. The van der Waals surface area contributed by atoms with Crippen LogP contribution < -0.4 is 10.4 Å². The van der Waals surface area contributed by atoms with Gasteiger partial charge in [0.05, 0.1) is 0 Å². The molecule has 4 nitrogen and oxygen atoms in total. The van der Waals surface area contributed by atoms with Gasteiger partial charge in [-0.3, -0.25) is 4.79 Å². The first-order valence-electron chi connectivity index (χ1n) is 2.57. The van der Waals surface area contributed by atoms with E-state index in [0.29, 0.717) is 0 Å². The highest BCUT2D eigenvalue weighted by Crippen LogP contribution is 1.70. The SMILES string of the molecule is CC(=O)NCCC(=O)[O-]. The van der Waals surface area contributed by atoms with Crippen LogP contribution >= 0.6 is 0 Å². The molecule has 52 valence electrons. The average Bonchev–Trinajstić information content (AvgIpc) is 1.63. The van der Waals surface area contributed by atoms with Crippen LogP contribution in [0.4, 0.5) is 0 Å². The second kappa shape index (κ2) is 3.88. The second-order valence-electron chi connectivity index (χ2n) is 1.60. The fourth-order valence-corrected chi connectivity index (χ4v) is 0.341. The number of carboxylic acids is 1. The number of nitrogens with one attached hydrogen (secondary N) is 1. The Bertz CT molecular complexity index is 107. The molecule has 0 aromatic carbocycles. The standard InChI is InChI=1S/C5H9NO3/c1-4(7)6-3-2-5(8)9/h2-3H2,1H3,(H,6,7)(H,8,9)/p-1. The van der Waals surface area contributed by atoms with Crippen LogP contribution in [0.15, 0.2) is 0 Å². The number of rotatable bonds is 3. The molecule has 0 aliphatic heterocycles. The first kappa shape index (κ1) is 7.94. The van der Waals surface area contributed by atoms with Crippen molar-refractivity contribution >= 4 is 11.9 Å². The molecule has 0 radical (unpaired) electrons. The maximum atomic E-state index is 10.1. The Kier molecular flexibility index (Phi) is 3.43. The molecule has 0 spiro atoms. The van der Waals surface area contributed by atoms with Gasteiger partial charge < -0.3 is 15.2 Å². The molecule has 0 unspecified atom stereocenters. The summed E-state index contributed by atoms with van der Waals surface area (Å²) in [6.45, 7) is 1.48. The molecule has 0 saturated heterocycles. The number of carbonyl (C=O) groups is 2. The number of hydrogen-bond acceptors (Lipinski definition) is 3. The lowest BCUT2D eigenvalue weighted by Crippen LogP contribution is -2.29. The molecule has 1 N–H and O–H groups in total. The molecule has 0 aromatic heterocycles. The van der Waals surface area contributed by atoms with Crippen LogP contribution in [0.25, 0.3) is 0 Å². The Morgan fingerprint density at radius 1 is 1.56 bits per heavy atom. The van der Waals surface area contributed by atoms with Gasteiger partial charge in [0.25, 0.3) is 0 Å². The molecular weight excluding hydrogens is 122 g/mol. The fourth-order valence-electron chi connectivity index (χ4n) is 0.341. The maximum absolute atomic E-state index is 10.1. The highest BCUT2D eigenvalue weighted by molar-refractivity contribution is 5.73. The number of carboxylic acid groups (broad SMARTS) is 1. The Morgan fingerprint density at radius 2 is 2.11 bits per heavy atom. The number of hydrogen-bond donors (Lipinski definition) is 1. The monoisotopic (exact) mass is 130 g/mol. The molecule has 0 heterocycles. The quantitative estimate of drug-likeness (QED) is 0.493. The molecule has 0 rings (SSSR count). The number of carbonyl (C=O) groups excluding carboxylic acids is 2. The minimum atomic E-state index is -1.15. The van der Waals surface area contributed by atoms with Crippen LogP contribution in [0.2, 0.25) is 0 Å². The predicted octanol–water partition coefficient (Wildman–Crippen LogP) is -1.74. The lowest BCUT2D eigenvalue weighted by Gasteiger charge is -2.00. The molecule has 0 aliphatic rings. The summed E-state index contributed by atoms with van der Waals surface area (Å²) in [7, 11) is 0. The largest absolute Gasteiger partial charge is 0.550 e. The van der Waals surface area contributed by atoms with Crippen molar-refractivity contribution in [3.63, 3.8) is 0 Å². The average molecular weight is 130 g/mol.